The summed E-state index contributed by atoms with van der Waals surface area (Å²) in [6, 6.07) is 8.83. The second-order valence-electron chi connectivity index (χ2n) is 6.14. The van der Waals surface area contributed by atoms with Gasteiger partial charge in [-0.3, -0.25) is 9.59 Å². The van der Waals surface area contributed by atoms with Crippen molar-refractivity contribution in [2.45, 2.75) is 12.6 Å². The van der Waals surface area contributed by atoms with Crippen LogP contribution >= 0.6 is 34.4 Å². The Morgan fingerprint density at radius 1 is 1.21 bits per heavy atom. The Bertz CT molecular complexity index is 973. The minimum atomic E-state index is -0.544. The van der Waals surface area contributed by atoms with Crippen LogP contribution in [0.2, 0.25) is 0 Å². The highest BCUT2D eigenvalue weighted by molar-refractivity contribution is 7.99. The Labute approximate surface area is 173 Å². The monoisotopic (exact) mass is 433 g/mol. The van der Waals surface area contributed by atoms with E-state index < -0.39 is 11.9 Å². The molecule has 0 saturated carbocycles. The number of thioether (sulfide) groups is 1. The topological polar surface area (TPSA) is 62.3 Å². The minimum Gasteiger partial charge on any atom is -0.349 e. The van der Waals surface area contributed by atoms with Gasteiger partial charge in [-0.15, -0.1) is 34.4 Å². The van der Waals surface area contributed by atoms with Crippen molar-refractivity contribution in [1.29, 1.82) is 0 Å². The first kappa shape index (κ1) is 19.1. The van der Waals surface area contributed by atoms with Crippen LogP contribution in [0.4, 0.5) is 4.39 Å². The smallest absolute Gasteiger partial charge is 0.255 e. The number of aromatic nitrogens is 1. The standard InChI is InChI=1S/C19H16FN3O2S3/c20-13-5-3-12(4-6-13)19(25)23-11-26-10-15(23)17(24)21-8-14-9-28-18(22-14)16-2-1-7-27-16/h1-7,9,15H,8,10-11H2,(H,21,24). The van der Waals surface area contributed by atoms with Crippen molar-refractivity contribution in [3.8, 4) is 9.88 Å². The highest BCUT2D eigenvalue weighted by atomic mass is 32.2. The lowest BCUT2D eigenvalue weighted by atomic mass is 10.1. The number of hydrogen-bond donors (Lipinski definition) is 1. The lowest BCUT2D eigenvalue weighted by Gasteiger charge is -2.23. The highest BCUT2D eigenvalue weighted by Crippen LogP contribution is 2.28. The van der Waals surface area contributed by atoms with Gasteiger partial charge in [0.25, 0.3) is 5.91 Å². The van der Waals surface area contributed by atoms with Gasteiger partial charge in [-0.2, -0.15) is 0 Å². The molecule has 1 aromatic carbocycles. The van der Waals surface area contributed by atoms with E-state index >= 15 is 0 Å². The van der Waals surface area contributed by atoms with Crippen LogP contribution in [0.5, 0.6) is 0 Å². The molecule has 0 radical (unpaired) electrons. The molecule has 28 heavy (non-hydrogen) atoms. The number of carbonyl (C=O) groups excluding carboxylic acids is 2. The molecule has 2 aromatic heterocycles. The van der Waals surface area contributed by atoms with Crippen molar-refractivity contribution in [3.05, 3.63) is 64.2 Å². The molecule has 1 fully saturated rings. The van der Waals surface area contributed by atoms with Gasteiger partial charge in [0, 0.05) is 16.7 Å². The molecule has 1 aliphatic rings. The van der Waals surface area contributed by atoms with E-state index in [1.807, 2.05) is 22.9 Å². The minimum absolute atomic E-state index is 0.203. The van der Waals surface area contributed by atoms with Crippen LogP contribution in [0.3, 0.4) is 0 Å². The third kappa shape index (κ3) is 4.11. The molecule has 1 aliphatic heterocycles. The van der Waals surface area contributed by atoms with Gasteiger partial charge in [0.1, 0.15) is 16.9 Å². The number of rotatable bonds is 5. The Morgan fingerprint density at radius 2 is 2.04 bits per heavy atom. The first-order valence-corrected chi connectivity index (χ1v) is 11.4. The number of carbonyl (C=O) groups is 2. The Morgan fingerprint density at radius 3 is 2.79 bits per heavy atom. The summed E-state index contributed by atoms with van der Waals surface area (Å²) in [6.07, 6.45) is 0. The second-order valence-corrected chi connectivity index (χ2v) is 8.94. The van der Waals surface area contributed by atoms with E-state index in [0.717, 1.165) is 15.6 Å². The van der Waals surface area contributed by atoms with Crippen LogP contribution in [0.25, 0.3) is 9.88 Å². The maximum absolute atomic E-state index is 13.1. The zero-order valence-electron chi connectivity index (χ0n) is 14.6. The molecule has 1 N–H and O–H groups in total. The molecule has 0 bridgehead atoms. The number of thiazole rings is 1. The first-order valence-electron chi connectivity index (χ1n) is 8.52. The van der Waals surface area contributed by atoms with Crippen molar-refractivity contribution in [3.63, 3.8) is 0 Å². The van der Waals surface area contributed by atoms with Gasteiger partial charge in [-0.1, -0.05) is 6.07 Å². The summed E-state index contributed by atoms with van der Waals surface area (Å²) >= 11 is 4.70. The summed E-state index contributed by atoms with van der Waals surface area (Å²) in [7, 11) is 0. The van der Waals surface area contributed by atoms with Crippen molar-refractivity contribution in [2.75, 3.05) is 11.6 Å². The molecular formula is C19H16FN3O2S3. The average Bonchev–Trinajstić information content (AvgIpc) is 3.47. The number of thiophene rings is 1. The Hall–Kier alpha value is -2.23. The fraction of sp³-hybridized carbons (Fsp3) is 0.211. The van der Waals surface area contributed by atoms with E-state index in [9.17, 15) is 14.0 Å². The molecule has 2 amide bonds. The first-order chi connectivity index (χ1) is 13.6. The van der Waals surface area contributed by atoms with E-state index in [1.54, 1.807) is 22.7 Å². The number of benzene rings is 1. The predicted octanol–water partition coefficient (Wildman–Crippen LogP) is 3.84. The lowest BCUT2D eigenvalue weighted by Crippen LogP contribution is -2.47. The third-order valence-electron chi connectivity index (χ3n) is 4.26. The van der Waals surface area contributed by atoms with E-state index in [4.69, 9.17) is 0 Å². The molecular weight excluding hydrogens is 417 g/mol. The summed E-state index contributed by atoms with van der Waals surface area (Å²) in [4.78, 5) is 32.5. The number of halogens is 1. The summed E-state index contributed by atoms with van der Waals surface area (Å²) < 4.78 is 13.1. The summed E-state index contributed by atoms with van der Waals surface area (Å²) in [5, 5.41) is 7.75. The maximum Gasteiger partial charge on any atom is 0.255 e. The summed E-state index contributed by atoms with van der Waals surface area (Å²) in [6.45, 7) is 0.320. The number of nitrogens with one attached hydrogen (secondary N) is 1. The lowest BCUT2D eigenvalue weighted by molar-refractivity contribution is -0.124. The SMILES string of the molecule is O=C(NCc1csc(-c2cccs2)n1)C1CSCN1C(=O)c1ccc(F)cc1. The number of nitrogens with zero attached hydrogens (tertiary/aromatic N) is 2. The normalized spacial score (nSPS) is 16.3. The molecule has 1 unspecified atom stereocenters. The molecule has 1 saturated heterocycles. The molecule has 0 spiro atoms. The van der Waals surface area contributed by atoms with Gasteiger partial charge >= 0.3 is 0 Å². The van der Waals surface area contributed by atoms with Crippen molar-refractivity contribution in [1.82, 2.24) is 15.2 Å². The predicted molar refractivity (Wildman–Crippen MR) is 111 cm³/mol. The van der Waals surface area contributed by atoms with Gasteiger partial charge in [0.2, 0.25) is 5.91 Å². The van der Waals surface area contributed by atoms with Gasteiger partial charge in [0.15, 0.2) is 0 Å². The summed E-state index contributed by atoms with van der Waals surface area (Å²) in [5.41, 5.74) is 1.17. The van der Waals surface area contributed by atoms with Crippen LogP contribution in [-0.4, -0.2) is 39.4 Å². The Balaban J connectivity index is 1.38. The van der Waals surface area contributed by atoms with Crippen LogP contribution in [0.1, 0.15) is 16.1 Å². The molecule has 1 atom stereocenters. The fourth-order valence-corrected chi connectivity index (χ4v) is 5.60. The Kier molecular flexibility index (Phi) is 5.74. The van der Waals surface area contributed by atoms with Gasteiger partial charge in [-0.05, 0) is 35.7 Å². The van der Waals surface area contributed by atoms with E-state index in [0.29, 0.717) is 23.7 Å². The van der Waals surface area contributed by atoms with Crippen LogP contribution in [0, 0.1) is 5.82 Å². The van der Waals surface area contributed by atoms with E-state index in [1.165, 1.54) is 40.9 Å². The largest absolute Gasteiger partial charge is 0.349 e. The fourth-order valence-electron chi connectivity index (χ4n) is 2.82. The number of amides is 2. The number of hydrogen-bond acceptors (Lipinski definition) is 6. The highest BCUT2D eigenvalue weighted by Gasteiger charge is 2.35. The molecule has 9 heteroatoms. The van der Waals surface area contributed by atoms with Crippen LogP contribution in [-0.2, 0) is 11.3 Å². The second kappa shape index (κ2) is 8.42. The molecule has 3 heterocycles. The molecule has 3 aromatic rings. The zero-order valence-corrected chi connectivity index (χ0v) is 17.1. The molecule has 0 aliphatic carbocycles. The quantitative estimate of drug-likeness (QED) is 0.664. The van der Waals surface area contributed by atoms with E-state index in [-0.39, 0.29) is 11.8 Å². The van der Waals surface area contributed by atoms with Crippen molar-refractivity contribution >= 4 is 46.2 Å². The van der Waals surface area contributed by atoms with Gasteiger partial charge in [-0.25, -0.2) is 9.37 Å². The third-order valence-corrected chi connectivity index (χ3v) is 7.21. The zero-order chi connectivity index (χ0) is 19.5. The molecule has 144 valence electrons. The summed E-state index contributed by atoms with van der Waals surface area (Å²) in [5.74, 6) is 0.112. The van der Waals surface area contributed by atoms with E-state index in [2.05, 4.69) is 10.3 Å². The van der Waals surface area contributed by atoms with Crippen molar-refractivity contribution in [2.24, 2.45) is 0 Å². The molecule has 4 rings (SSSR count). The van der Waals surface area contributed by atoms with Gasteiger partial charge in [0.05, 0.1) is 23.0 Å². The van der Waals surface area contributed by atoms with Crippen LogP contribution in [0.15, 0.2) is 47.2 Å². The molecule has 5 nitrogen and oxygen atoms in total. The van der Waals surface area contributed by atoms with Gasteiger partial charge < -0.3 is 10.2 Å². The van der Waals surface area contributed by atoms with Crippen LogP contribution < -0.4 is 5.32 Å². The maximum atomic E-state index is 13.1. The van der Waals surface area contributed by atoms with Crippen molar-refractivity contribution < 1.29 is 14.0 Å². The average molecular weight is 434 g/mol.